The van der Waals surface area contributed by atoms with Crippen molar-refractivity contribution < 1.29 is 27.5 Å². The van der Waals surface area contributed by atoms with Crippen molar-refractivity contribution >= 4 is 51.4 Å². The summed E-state index contributed by atoms with van der Waals surface area (Å²) >= 11 is 12.4. The summed E-state index contributed by atoms with van der Waals surface area (Å²) in [5.41, 5.74) is -3.13. The van der Waals surface area contributed by atoms with Gasteiger partial charge >= 0.3 is 12.1 Å². The lowest BCUT2D eigenvalue weighted by atomic mass is 10.0. The maximum atomic E-state index is 13.3. The van der Waals surface area contributed by atoms with Crippen LogP contribution < -0.4 is 5.32 Å². The monoisotopic (exact) mass is 439 g/mol. The van der Waals surface area contributed by atoms with Gasteiger partial charge in [-0.15, -0.1) is 11.3 Å². The minimum absolute atomic E-state index is 0.0978. The van der Waals surface area contributed by atoms with Crippen molar-refractivity contribution in [3.05, 3.63) is 50.8 Å². The number of carbonyl (C=O) groups is 2. The van der Waals surface area contributed by atoms with Gasteiger partial charge in [-0.1, -0.05) is 23.2 Å². The molecule has 0 fully saturated rings. The molecule has 2 rings (SSSR count). The fourth-order valence-corrected chi connectivity index (χ4v) is 2.93. The van der Waals surface area contributed by atoms with Crippen LogP contribution in [0.4, 0.5) is 18.3 Å². The molecule has 0 aliphatic carbocycles. The van der Waals surface area contributed by atoms with E-state index in [1.165, 1.54) is 13.1 Å². The molecular formula is C15H10Cl2F3N3O3S. The zero-order valence-corrected chi connectivity index (χ0v) is 15.8. The number of aromatic nitrogens is 2. The smallest absolute Gasteiger partial charge is 0.417 e. The second-order valence-electron chi connectivity index (χ2n) is 4.75. The van der Waals surface area contributed by atoms with E-state index in [1.54, 1.807) is 5.38 Å². The first-order valence-electron chi connectivity index (χ1n) is 7.16. The second-order valence-corrected chi connectivity index (χ2v) is 6.39. The number of ether oxygens (including phenoxy) is 1. The zero-order valence-electron chi connectivity index (χ0n) is 13.4. The highest BCUT2D eigenvalue weighted by Gasteiger charge is 2.39. The van der Waals surface area contributed by atoms with Gasteiger partial charge in [0.2, 0.25) is 5.78 Å². The Labute approximate surface area is 165 Å². The van der Waals surface area contributed by atoms with Gasteiger partial charge in [0.05, 0.1) is 17.7 Å². The Hall–Kier alpha value is -2.17. The standard InChI is InChI=1S/C15H10Cl2F3N3O3S/c1-2-26-13(25)7(6-22-14-21-3-4-27-14)11(24)10-8(15(18,19)20)5-9(16)23-12(10)17/h3-6H,2H2,1H3,(H,21,22). The summed E-state index contributed by atoms with van der Waals surface area (Å²) < 4.78 is 44.8. The summed E-state index contributed by atoms with van der Waals surface area (Å²) in [6.45, 7) is 1.38. The highest BCUT2D eigenvalue weighted by Crippen LogP contribution is 2.37. The fourth-order valence-electron chi connectivity index (χ4n) is 1.91. The first-order chi connectivity index (χ1) is 12.6. The zero-order chi connectivity index (χ0) is 20.2. The van der Waals surface area contributed by atoms with E-state index >= 15 is 0 Å². The average molecular weight is 440 g/mol. The van der Waals surface area contributed by atoms with Crippen LogP contribution in [0.25, 0.3) is 0 Å². The molecule has 0 aromatic carbocycles. The van der Waals surface area contributed by atoms with Gasteiger partial charge in [-0.25, -0.2) is 14.8 Å². The molecule has 0 atom stereocenters. The van der Waals surface area contributed by atoms with E-state index in [1.807, 2.05) is 0 Å². The van der Waals surface area contributed by atoms with Gasteiger partial charge in [-0.05, 0) is 13.0 Å². The SMILES string of the molecule is CCOC(=O)C(=CNc1nccs1)C(=O)c1c(C(F)(F)F)cc(Cl)nc1Cl. The van der Waals surface area contributed by atoms with Crippen LogP contribution in [0.5, 0.6) is 0 Å². The number of rotatable bonds is 6. The molecule has 2 aromatic heterocycles. The first kappa shape index (κ1) is 21.1. The van der Waals surface area contributed by atoms with E-state index in [2.05, 4.69) is 15.3 Å². The summed E-state index contributed by atoms with van der Waals surface area (Å²) in [4.78, 5) is 32.2. The van der Waals surface area contributed by atoms with Crippen molar-refractivity contribution in [3.63, 3.8) is 0 Å². The lowest BCUT2D eigenvalue weighted by molar-refractivity contribution is -0.139. The molecule has 0 unspecified atom stereocenters. The molecule has 0 aliphatic heterocycles. The van der Waals surface area contributed by atoms with Crippen LogP contribution in [-0.2, 0) is 15.7 Å². The van der Waals surface area contributed by atoms with E-state index in [-0.39, 0.29) is 6.61 Å². The van der Waals surface area contributed by atoms with E-state index in [0.29, 0.717) is 11.2 Å². The van der Waals surface area contributed by atoms with Crippen molar-refractivity contribution in [2.75, 3.05) is 11.9 Å². The van der Waals surface area contributed by atoms with Crippen LogP contribution in [0.2, 0.25) is 10.3 Å². The third kappa shape index (κ3) is 5.18. The quantitative estimate of drug-likeness (QED) is 0.177. The Kier molecular flexibility index (Phi) is 6.79. The summed E-state index contributed by atoms with van der Waals surface area (Å²) in [6.07, 6.45) is -2.59. The van der Waals surface area contributed by atoms with Crippen LogP contribution in [-0.4, -0.2) is 28.3 Å². The number of carbonyl (C=O) groups excluding carboxylic acids is 2. The predicted molar refractivity (Wildman–Crippen MR) is 94.0 cm³/mol. The van der Waals surface area contributed by atoms with Crippen LogP contribution in [0.1, 0.15) is 22.8 Å². The molecule has 2 heterocycles. The molecular weight excluding hydrogens is 430 g/mol. The predicted octanol–water partition coefficient (Wildman–Crippen LogP) is 4.61. The number of halogens is 5. The number of ketones is 1. The molecule has 0 aliphatic rings. The summed E-state index contributed by atoms with van der Waals surface area (Å²) in [5.74, 6) is -2.45. The normalized spacial score (nSPS) is 12.0. The highest BCUT2D eigenvalue weighted by atomic mass is 35.5. The summed E-state index contributed by atoms with van der Waals surface area (Å²) in [5, 5.41) is 3.14. The molecule has 144 valence electrons. The lowest BCUT2D eigenvalue weighted by Gasteiger charge is -2.14. The van der Waals surface area contributed by atoms with Gasteiger partial charge in [0.15, 0.2) is 5.13 Å². The molecule has 0 amide bonds. The van der Waals surface area contributed by atoms with Crippen molar-refractivity contribution in [1.29, 1.82) is 0 Å². The third-order valence-electron chi connectivity index (χ3n) is 2.99. The van der Waals surface area contributed by atoms with Gasteiger partial charge < -0.3 is 10.1 Å². The number of alkyl halides is 3. The minimum Gasteiger partial charge on any atom is -0.462 e. The Bertz CT molecular complexity index is 886. The Morgan fingerprint density at radius 2 is 2.07 bits per heavy atom. The molecule has 0 saturated carbocycles. The first-order valence-corrected chi connectivity index (χ1v) is 8.80. The van der Waals surface area contributed by atoms with Gasteiger partial charge in [0, 0.05) is 17.8 Å². The number of pyridine rings is 1. The Morgan fingerprint density at radius 3 is 2.63 bits per heavy atom. The lowest BCUT2D eigenvalue weighted by Crippen LogP contribution is -2.22. The molecule has 2 aromatic rings. The molecule has 6 nitrogen and oxygen atoms in total. The van der Waals surface area contributed by atoms with Gasteiger partial charge in [0.25, 0.3) is 0 Å². The topological polar surface area (TPSA) is 81.2 Å². The molecule has 0 saturated heterocycles. The van der Waals surface area contributed by atoms with Crippen molar-refractivity contribution in [2.45, 2.75) is 13.1 Å². The second kappa shape index (κ2) is 8.68. The van der Waals surface area contributed by atoms with E-state index in [4.69, 9.17) is 27.9 Å². The average Bonchev–Trinajstić information content (AvgIpc) is 3.07. The number of nitrogens with one attached hydrogen (secondary N) is 1. The van der Waals surface area contributed by atoms with E-state index in [9.17, 15) is 22.8 Å². The summed E-state index contributed by atoms with van der Waals surface area (Å²) in [7, 11) is 0. The largest absolute Gasteiger partial charge is 0.462 e. The third-order valence-corrected chi connectivity index (χ3v) is 4.16. The molecule has 1 N–H and O–H groups in total. The Balaban J connectivity index is 2.55. The van der Waals surface area contributed by atoms with Crippen molar-refractivity contribution in [1.82, 2.24) is 9.97 Å². The number of thiazole rings is 1. The molecule has 27 heavy (non-hydrogen) atoms. The molecule has 0 spiro atoms. The van der Waals surface area contributed by atoms with E-state index in [0.717, 1.165) is 17.5 Å². The number of hydrogen-bond acceptors (Lipinski definition) is 7. The van der Waals surface area contributed by atoms with Gasteiger partial charge in [0.1, 0.15) is 15.9 Å². The maximum Gasteiger partial charge on any atom is 0.417 e. The van der Waals surface area contributed by atoms with Crippen molar-refractivity contribution in [3.8, 4) is 0 Å². The van der Waals surface area contributed by atoms with Crippen LogP contribution in [0, 0.1) is 0 Å². The van der Waals surface area contributed by atoms with Gasteiger partial charge in [-0.2, -0.15) is 13.2 Å². The molecule has 12 heteroatoms. The van der Waals surface area contributed by atoms with Gasteiger partial charge in [-0.3, -0.25) is 4.79 Å². The van der Waals surface area contributed by atoms with Crippen LogP contribution in [0.3, 0.4) is 0 Å². The maximum absolute atomic E-state index is 13.3. The fraction of sp³-hybridized carbons (Fsp3) is 0.200. The summed E-state index contributed by atoms with van der Waals surface area (Å²) in [6, 6.07) is 0.456. The van der Waals surface area contributed by atoms with Crippen LogP contribution in [0.15, 0.2) is 29.4 Å². The van der Waals surface area contributed by atoms with E-state index < -0.39 is 44.9 Å². The number of nitrogens with zero attached hydrogens (tertiary/aromatic N) is 2. The van der Waals surface area contributed by atoms with Crippen molar-refractivity contribution in [2.24, 2.45) is 0 Å². The number of anilines is 1. The number of hydrogen-bond donors (Lipinski definition) is 1. The molecule has 0 radical (unpaired) electrons. The number of esters is 1. The highest BCUT2D eigenvalue weighted by molar-refractivity contribution is 7.13. The molecule has 0 bridgehead atoms. The van der Waals surface area contributed by atoms with Crippen LogP contribution >= 0.6 is 34.5 Å². The Morgan fingerprint density at radius 1 is 1.37 bits per heavy atom. The number of Topliss-reactive ketones (excluding diaryl/α,β-unsaturated/α-hetero) is 1. The minimum atomic E-state index is -4.95.